The van der Waals surface area contributed by atoms with Crippen molar-refractivity contribution >= 4 is 6.03 Å². The first kappa shape index (κ1) is 21.7. The van der Waals surface area contributed by atoms with Crippen molar-refractivity contribution in [3.63, 3.8) is 0 Å². The van der Waals surface area contributed by atoms with Gasteiger partial charge in [0, 0.05) is 37.8 Å². The Morgan fingerprint density at radius 2 is 2.10 bits per heavy atom. The Kier molecular flexibility index (Phi) is 6.51. The van der Waals surface area contributed by atoms with Crippen LogP contribution in [0.1, 0.15) is 44.4 Å². The van der Waals surface area contributed by atoms with Gasteiger partial charge in [-0.1, -0.05) is 26.0 Å². The second-order valence-electron chi connectivity index (χ2n) is 9.46. The van der Waals surface area contributed by atoms with Gasteiger partial charge in [0.15, 0.2) is 0 Å². The molecule has 2 fully saturated rings. The van der Waals surface area contributed by atoms with Crippen molar-refractivity contribution in [3.05, 3.63) is 47.8 Å². The molecule has 2 amide bonds. The van der Waals surface area contributed by atoms with E-state index in [1.807, 2.05) is 48.5 Å². The fraction of sp³-hybridized carbons (Fsp3) is 0.583. The lowest BCUT2D eigenvalue weighted by molar-refractivity contribution is 0.109. The van der Waals surface area contributed by atoms with Crippen molar-refractivity contribution in [2.45, 2.75) is 52.2 Å². The van der Waals surface area contributed by atoms with Gasteiger partial charge in [-0.05, 0) is 55.5 Å². The molecule has 1 aromatic heterocycles. The Labute approximate surface area is 185 Å². The van der Waals surface area contributed by atoms with Gasteiger partial charge in [-0.15, -0.1) is 0 Å². The van der Waals surface area contributed by atoms with Crippen molar-refractivity contribution in [1.82, 2.24) is 25.3 Å². The first-order valence-corrected chi connectivity index (χ1v) is 11.4. The van der Waals surface area contributed by atoms with E-state index in [9.17, 15) is 4.79 Å². The number of hydrogen-bond donors (Lipinski definition) is 2. The second kappa shape index (κ2) is 9.30. The van der Waals surface area contributed by atoms with Crippen molar-refractivity contribution in [3.8, 4) is 5.75 Å². The summed E-state index contributed by atoms with van der Waals surface area (Å²) in [6.07, 6.45) is 5.30. The molecule has 2 aliphatic rings. The van der Waals surface area contributed by atoms with Crippen LogP contribution in [0.2, 0.25) is 0 Å². The third-order valence-corrected chi connectivity index (χ3v) is 6.36. The van der Waals surface area contributed by atoms with Crippen LogP contribution in [0.25, 0.3) is 0 Å². The van der Waals surface area contributed by atoms with Crippen LogP contribution < -0.4 is 15.4 Å². The van der Waals surface area contributed by atoms with Crippen molar-refractivity contribution in [2.75, 3.05) is 19.7 Å². The molecular formula is C24H35N5O2. The summed E-state index contributed by atoms with van der Waals surface area (Å²) in [5, 5.41) is 11.2. The minimum Gasteiger partial charge on any atom is -0.493 e. The molecule has 2 heterocycles. The van der Waals surface area contributed by atoms with E-state index in [1.54, 1.807) is 4.68 Å². The zero-order valence-corrected chi connectivity index (χ0v) is 18.9. The summed E-state index contributed by atoms with van der Waals surface area (Å²) in [6.45, 7) is 7.97. The number of piperidine rings is 1. The molecule has 0 bridgehead atoms. The summed E-state index contributed by atoms with van der Waals surface area (Å²) in [6, 6.07) is 10.2. The number of hydrogen-bond acceptors (Lipinski definition) is 4. The van der Waals surface area contributed by atoms with E-state index in [0.717, 1.165) is 36.5 Å². The highest BCUT2D eigenvalue weighted by Gasteiger charge is 2.53. The minimum absolute atomic E-state index is 0.0102. The van der Waals surface area contributed by atoms with Crippen LogP contribution in [-0.4, -0.2) is 46.4 Å². The Hall–Kier alpha value is -2.54. The minimum atomic E-state index is -0.0102. The van der Waals surface area contributed by atoms with Gasteiger partial charge in [-0.2, -0.15) is 5.10 Å². The maximum Gasteiger partial charge on any atom is 0.318 e. The molecule has 1 unspecified atom stereocenters. The number of nitrogens with zero attached hydrogens (tertiary/aromatic N) is 3. The van der Waals surface area contributed by atoms with E-state index >= 15 is 0 Å². The predicted molar refractivity (Wildman–Crippen MR) is 121 cm³/mol. The zero-order valence-electron chi connectivity index (χ0n) is 18.9. The smallest absolute Gasteiger partial charge is 0.318 e. The lowest BCUT2D eigenvalue weighted by Gasteiger charge is -2.40. The molecule has 1 aliphatic heterocycles. The van der Waals surface area contributed by atoms with Crippen LogP contribution in [0.15, 0.2) is 36.5 Å². The van der Waals surface area contributed by atoms with Gasteiger partial charge in [0.05, 0.1) is 18.8 Å². The predicted octanol–water partition coefficient (Wildman–Crippen LogP) is 3.31. The van der Waals surface area contributed by atoms with Gasteiger partial charge >= 0.3 is 6.03 Å². The molecule has 0 radical (unpaired) electrons. The van der Waals surface area contributed by atoms with E-state index < -0.39 is 0 Å². The van der Waals surface area contributed by atoms with Crippen molar-refractivity contribution in [1.29, 1.82) is 0 Å². The van der Waals surface area contributed by atoms with Crippen LogP contribution >= 0.6 is 0 Å². The summed E-state index contributed by atoms with van der Waals surface area (Å²) in [5.41, 5.74) is 2.23. The summed E-state index contributed by atoms with van der Waals surface area (Å²) in [7, 11) is 1.91. The van der Waals surface area contributed by atoms with Gasteiger partial charge < -0.3 is 20.3 Å². The average molecular weight is 426 g/mol. The van der Waals surface area contributed by atoms with Crippen LogP contribution in [0.5, 0.6) is 5.75 Å². The highest BCUT2D eigenvalue weighted by Crippen LogP contribution is 2.52. The SMILES string of the molecule is CC(C)COc1ccc(CNC(=O)N(Cc2ccn(C)n2)C2CCNCC23CC3)cc1. The van der Waals surface area contributed by atoms with E-state index in [1.165, 1.54) is 12.8 Å². The molecular weight excluding hydrogens is 390 g/mol. The number of benzene rings is 1. The number of carbonyl (C=O) groups is 1. The number of amides is 2. The van der Waals surface area contributed by atoms with E-state index in [4.69, 9.17) is 4.74 Å². The van der Waals surface area contributed by atoms with E-state index in [0.29, 0.717) is 25.6 Å². The monoisotopic (exact) mass is 425 g/mol. The molecule has 1 aliphatic carbocycles. The van der Waals surface area contributed by atoms with Crippen LogP contribution in [0.4, 0.5) is 4.79 Å². The molecule has 4 rings (SSSR count). The fourth-order valence-electron chi connectivity index (χ4n) is 4.45. The molecule has 31 heavy (non-hydrogen) atoms. The summed E-state index contributed by atoms with van der Waals surface area (Å²) >= 11 is 0. The molecule has 1 saturated heterocycles. The fourth-order valence-corrected chi connectivity index (χ4v) is 4.45. The Balaban J connectivity index is 1.41. The Morgan fingerprint density at radius 1 is 1.32 bits per heavy atom. The summed E-state index contributed by atoms with van der Waals surface area (Å²) in [5.74, 6) is 1.36. The largest absolute Gasteiger partial charge is 0.493 e. The normalized spacial score (nSPS) is 19.4. The number of urea groups is 1. The standard InChI is InChI=1S/C24H35N5O2/c1-18(2)16-31-21-6-4-19(5-7-21)14-26-23(30)29(15-20-9-13-28(3)27-20)22-8-12-25-17-24(22)10-11-24/h4-7,9,13,18,22,25H,8,10-12,14-17H2,1-3H3,(H,26,30). The molecule has 1 saturated carbocycles. The first-order valence-electron chi connectivity index (χ1n) is 11.4. The number of carbonyl (C=O) groups excluding carboxylic acids is 1. The van der Waals surface area contributed by atoms with E-state index in [-0.39, 0.29) is 17.5 Å². The quantitative estimate of drug-likeness (QED) is 0.681. The third kappa shape index (κ3) is 5.39. The molecule has 1 spiro atoms. The van der Waals surface area contributed by atoms with E-state index in [2.05, 4.69) is 29.6 Å². The maximum atomic E-state index is 13.3. The van der Waals surface area contributed by atoms with Gasteiger partial charge in [-0.25, -0.2) is 4.79 Å². The van der Waals surface area contributed by atoms with Crippen LogP contribution in [-0.2, 0) is 20.1 Å². The Morgan fingerprint density at radius 3 is 2.74 bits per heavy atom. The molecule has 1 atom stereocenters. The third-order valence-electron chi connectivity index (χ3n) is 6.36. The molecule has 2 aromatic rings. The van der Waals surface area contributed by atoms with Crippen molar-refractivity contribution in [2.24, 2.45) is 18.4 Å². The highest BCUT2D eigenvalue weighted by atomic mass is 16.5. The van der Waals surface area contributed by atoms with Gasteiger partial charge in [0.2, 0.25) is 0 Å². The Bertz CT molecular complexity index is 872. The topological polar surface area (TPSA) is 71.4 Å². The summed E-state index contributed by atoms with van der Waals surface area (Å²) < 4.78 is 7.55. The summed E-state index contributed by atoms with van der Waals surface area (Å²) in [4.78, 5) is 15.3. The number of ether oxygens (including phenoxy) is 1. The van der Waals surface area contributed by atoms with Gasteiger partial charge in [0.1, 0.15) is 5.75 Å². The molecule has 168 valence electrons. The number of aryl methyl sites for hydroxylation is 1. The van der Waals surface area contributed by atoms with Gasteiger partial charge in [-0.3, -0.25) is 4.68 Å². The molecule has 1 aromatic carbocycles. The first-order chi connectivity index (χ1) is 14.9. The average Bonchev–Trinajstić information content (AvgIpc) is 3.40. The number of aromatic nitrogens is 2. The van der Waals surface area contributed by atoms with Crippen LogP contribution in [0, 0.1) is 11.3 Å². The lowest BCUT2D eigenvalue weighted by atomic mass is 9.88. The number of nitrogens with one attached hydrogen (secondary N) is 2. The molecule has 7 heteroatoms. The molecule has 2 N–H and O–H groups in total. The zero-order chi connectivity index (χ0) is 21.8. The van der Waals surface area contributed by atoms with Crippen molar-refractivity contribution < 1.29 is 9.53 Å². The van der Waals surface area contributed by atoms with Gasteiger partial charge in [0.25, 0.3) is 0 Å². The number of rotatable bonds is 8. The second-order valence-corrected chi connectivity index (χ2v) is 9.46. The van der Waals surface area contributed by atoms with Crippen LogP contribution in [0.3, 0.4) is 0 Å². The lowest BCUT2D eigenvalue weighted by Crippen LogP contribution is -2.55. The highest BCUT2D eigenvalue weighted by molar-refractivity contribution is 5.74. The molecule has 7 nitrogen and oxygen atoms in total. The maximum absolute atomic E-state index is 13.3.